The summed E-state index contributed by atoms with van der Waals surface area (Å²) in [6, 6.07) is 0. The molecule has 1 nitrogen and oxygen atoms in total. The first-order valence-electron chi connectivity index (χ1n) is 5.80. The minimum Gasteiger partial charge on any atom is -0.386 e. The van der Waals surface area contributed by atoms with Crippen molar-refractivity contribution in [1.82, 2.24) is 0 Å². The van der Waals surface area contributed by atoms with Crippen LogP contribution >= 0.6 is 0 Å². The zero-order valence-electron chi connectivity index (χ0n) is 10.0. The van der Waals surface area contributed by atoms with Gasteiger partial charge < -0.3 is 5.11 Å². The molecule has 2 atom stereocenters. The summed E-state index contributed by atoms with van der Waals surface area (Å²) in [6.45, 7) is 8.86. The molecule has 1 heteroatoms. The maximum absolute atomic E-state index is 10.3. The first kappa shape index (κ1) is 11.8. The van der Waals surface area contributed by atoms with Crippen LogP contribution in [0.4, 0.5) is 0 Å². The van der Waals surface area contributed by atoms with Crippen molar-refractivity contribution >= 4 is 0 Å². The fourth-order valence-electron chi connectivity index (χ4n) is 2.00. The number of rotatable bonds is 3. The van der Waals surface area contributed by atoms with Crippen molar-refractivity contribution in [2.75, 3.05) is 0 Å². The molecule has 0 heterocycles. The molecule has 82 valence electrons. The third-order valence-electron chi connectivity index (χ3n) is 3.45. The average molecular weight is 196 g/mol. The molecule has 0 aromatic heterocycles. The molecule has 0 amide bonds. The highest BCUT2D eigenvalue weighted by molar-refractivity contribution is 5.11. The van der Waals surface area contributed by atoms with E-state index in [9.17, 15) is 5.11 Å². The van der Waals surface area contributed by atoms with Crippen molar-refractivity contribution in [3.63, 3.8) is 0 Å². The maximum atomic E-state index is 10.3. The fraction of sp³-hybridized carbons (Fsp3) is 0.846. The predicted octanol–water partition coefficient (Wildman–Crippen LogP) is 3.53. The third-order valence-corrected chi connectivity index (χ3v) is 3.45. The van der Waals surface area contributed by atoms with Crippen LogP contribution in [-0.2, 0) is 0 Å². The van der Waals surface area contributed by atoms with Gasteiger partial charge in [-0.15, -0.1) is 0 Å². The highest BCUT2D eigenvalue weighted by Gasteiger charge is 2.32. The largest absolute Gasteiger partial charge is 0.386 e. The molecule has 1 aliphatic rings. The quantitative estimate of drug-likeness (QED) is 0.685. The summed E-state index contributed by atoms with van der Waals surface area (Å²) in [6.07, 6.45) is 8.29. The van der Waals surface area contributed by atoms with Crippen molar-refractivity contribution in [1.29, 1.82) is 0 Å². The van der Waals surface area contributed by atoms with E-state index in [1.165, 1.54) is 0 Å². The van der Waals surface area contributed by atoms with Crippen LogP contribution in [0.3, 0.4) is 0 Å². The lowest BCUT2D eigenvalue weighted by molar-refractivity contribution is 0.0380. The van der Waals surface area contributed by atoms with Gasteiger partial charge in [0.05, 0.1) is 5.60 Å². The van der Waals surface area contributed by atoms with Gasteiger partial charge in [0.25, 0.3) is 0 Å². The topological polar surface area (TPSA) is 20.2 Å². The van der Waals surface area contributed by atoms with Gasteiger partial charge in [0.1, 0.15) is 0 Å². The van der Waals surface area contributed by atoms with Crippen LogP contribution in [0.5, 0.6) is 0 Å². The molecular formula is C13H24O. The smallest absolute Gasteiger partial charge is 0.0830 e. The Bertz CT molecular complexity index is 217. The Morgan fingerprint density at radius 2 is 1.93 bits per heavy atom. The van der Waals surface area contributed by atoms with Gasteiger partial charge in [-0.05, 0) is 30.6 Å². The molecule has 0 aromatic carbocycles. The third kappa shape index (κ3) is 3.13. The Labute approximate surface area is 88.2 Å². The highest BCUT2D eigenvalue weighted by atomic mass is 16.3. The van der Waals surface area contributed by atoms with E-state index in [1.54, 1.807) is 0 Å². The zero-order valence-corrected chi connectivity index (χ0v) is 10.0. The van der Waals surface area contributed by atoms with Crippen LogP contribution in [0.15, 0.2) is 12.2 Å². The van der Waals surface area contributed by atoms with Gasteiger partial charge in [0.2, 0.25) is 0 Å². The molecule has 0 spiro atoms. The lowest BCUT2D eigenvalue weighted by Crippen LogP contribution is -2.33. The summed E-state index contributed by atoms with van der Waals surface area (Å²) in [5.74, 6) is 0.617. The minimum absolute atomic E-state index is 0.279. The molecule has 0 saturated heterocycles. The van der Waals surface area contributed by atoms with E-state index in [4.69, 9.17) is 0 Å². The number of hydrogen-bond donors (Lipinski definition) is 1. The van der Waals surface area contributed by atoms with Gasteiger partial charge in [0.15, 0.2) is 0 Å². The van der Waals surface area contributed by atoms with Crippen molar-refractivity contribution in [2.45, 2.75) is 59.0 Å². The van der Waals surface area contributed by atoms with Crippen LogP contribution in [-0.4, -0.2) is 10.7 Å². The summed E-state index contributed by atoms with van der Waals surface area (Å²) < 4.78 is 0. The van der Waals surface area contributed by atoms with Crippen LogP contribution in [0.2, 0.25) is 0 Å². The van der Waals surface area contributed by atoms with E-state index in [2.05, 4.69) is 33.8 Å². The first-order chi connectivity index (χ1) is 6.37. The summed E-state index contributed by atoms with van der Waals surface area (Å²) in [7, 11) is 0. The van der Waals surface area contributed by atoms with Gasteiger partial charge in [0, 0.05) is 0 Å². The first-order valence-corrected chi connectivity index (χ1v) is 5.80. The SMILES string of the molecule is CCC(C)CC1(O)C=CC(C)(C)CC1. The summed E-state index contributed by atoms with van der Waals surface area (Å²) in [5, 5.41) is 10.3. The normalized spacial score (nSPS) is 32.9. The van der Waals surface area contributed by atoms with Crippen molar-refractivity contribution in [2.24, 2.45) is 11.3 Å². The molecule has 0 bridgehead atoms. The van der Waals surface area contributed by atoms with Gasteiger partial charge in [-0.2, -0.15) is 0 Å². The monoisotopic (exact) mass is 196 g/mol. The number of allylic oxidation sites excluding steroid dienone is 1. The molecule has 1 N–H and O–H groups in total. The van der Waals surface area contributed by atoms with Gasteiger partial charge in [-0.25, -0.2) is 0 Å². The summed E-state index contributed by atoms with van der Waals surface area (Å²) >= 11 is 0. The van der Waals surface area contributed by atoms with E-state index in [-0.39, 0.29) is 5.41 Å². The Hall–Kier alpha value is -0.300. The van der Waals surface area contributed by atoms with Crippen molar-refractivity contribution in [3.05, 3.63) is 12.2 Å². The van der Waals surface area contributed by atoms with Gasteiger partial charge >= 0.3 is 0 Å². The van der Waals surface area contributed by atoms with Crippen molar-refractivity contribution in [3.8, 4) is 0 Å². The van der Waals surface area contributed by atoms with E-state index >= 15 is 0 Å². The fourth-order valence-corrected chi connectivity index (χ4v) is 2.00. The molecular weight excluding hydrogens is 172 g/mol. The lowest BCUT2D eigenvalue weighted by atomic mass is 9.74. The van der Waals surface area contributed by atoms with E-state index in [1.807, 2.05) is 6.08 Å². The van der Waals surface area contributed by atoms with Crippen LogP contribution in [0, 0.1) is 11.3 Å². The summed E-state index contributed by atoms with van der Waals surface area (Å²) in [4.78, 5) is 0. The van der Waals surface area contributed by atoms with Gasteiger partial charge in [-0.3, -0.25) is 0 Å². The van der Waals surface area contributed by atoms with E-state index < -0.39 is 5.60 Å². The predicted molar refractivity (Wildman–Crippen MR) is 61.2 cm³/mol. The Balaban J connectivity index is 2.61. The molecule has 0 radical (unpaired) electrons. The highest BCUT2D eigenvalue weighted by Crippen LogP contribution is 2.37. The lowest BCUT2D eigenvalue weighted by Gasteiger charge is -2.36. The molecule has 0 saturated carbocycles. The second kappa shape index (κ2) is 4.06. The molecule has 0 fully saturated rings. The van der Waals surface area contributed by atoms with Crippen LogP contribution in [0.25, 0.3) is 0 Å². The summed E-state index contributed by atoms with van der Waals surface area (Å²) in [5.41, 5.74) is -0.243. The Morgan fingerprint density at radius 1 is 1.29 bits per heavy atom. The van der Waals surface area contributed by atoms with Gasteiger partial charge in [-0.1, -0.05) is 46.3 Å². The minimum atomic E-state index is -0.523. The van der Waals surface area contributed by atoms with Crippen LogP contribution in [0.1, 0.15) is 53.4 Å². The second-order valence-corrected chi connectivity index (χ2v) is 5.64. The molecule has 1 aliphatic carbocycles. The van der Waals surface area contributed by atoms with Crippen LogP contribution < -0.4 is 0 Å². The molecule has 0 aromatic rings. The zero-order chi connectivity index (χ0) is 10.8. The van der Waals surface area contributed by atoms with E-state index in [0.717, 1.165) is 25.7 Å². The van der Waals surface area contributed by atoms with E-state index in [0.29, 0.717) is 5.92 Å². The molecule has 2 unspecified atom stereocenters. The molecule has 1 rings (SSSR count). The molecule has 0 aliphatic heterocycles. The number of hydrogen-bond acceptors (Lipinski definition) is 1. The van der Waals surface area contributed by atoms with Crippen molar-refractivity contribution < 1.29 is 5.11 Å². The maximum Gasteiger partial charge on any atom is 0.0830 e. The number of aliphatic hydroxyl groups is 1. The Kier molecular flexibility index (Phi) is 3.41. The average Bonchev–Trinajstić information content (AvgIpc) is 2.11. The standard InChI is InChI=1S/C13H24O/c1-5-11(2)10-13(14)8-6-12(3,4)7-9-13/h6,8,11,14H,5,7,9-10H2,1-4H3. The molecule has 14 heavy (non-hydrogen) atoms. The second-order valence-electron chi connectivity index (χ2n) is 5.64. The Morgan fingerprint density at radius 3 is 2.36 bits per heavy atom.